The minimum atomic E-state index is -4.47. The Morgan fingerprint density at radius 3 is 1.79 bits per heavy atom. The summed E-state index contributed by atoms with van der Waals surface area (Å²) in [5, 5.41) is 0. The predicted octanol–water partition coefficient (Wildman–Crippen LogP) is 8.94. The van der Waals surface area contributed by atoms with E-state index >= 15 is 0 Å². The van der Waals surface area contributed by atoms with Gasteiger partial charge in [0.1, 0.15) is 17.7 Å². The smallest absolute Gasteiger partial charge is 0.416 e. The van der Waals surface area contributed by atoms with Crippen LogP contribution in [-0.4, -0.2) is 78.6 Å². The number of aromatic nitrogens is 2. The number of halogens is 4. The fourth-order valence-corrected chi connectivity index (χ4v) is 7.81. The lowest BCUT2D eigenvalue weighted by Gasteiger charge is -2.36. The summed E-state index contributed by atoms with van der Waals surface area (Å²) < 4.78 is 56.7. The van der Waals surface area contributed by atoms with Gasteiger partial charge in [0, 0.05) is 75.1 Å². The Morgan fingerprint density at radius 1 is 0.792 bits per heavy atom. The van der Waals surface area contributed by atoms with Gasteiger partial charge in [0.05, 0.1) is 24.0 Å². The number of hydrogen-bond donors (Lipinski definition) is 0. The van der Waals surface area contributed by atoms with Gasteiger partial charge in [-0.3, -0.25) is 4.90 Å². The van der Waals surface area contributed by atoms with E-state index in [2.05, 4.69) is 41.6 Å². The van der Waals surface area contributed by atoms with Crippen molar-refractivity contribution in [1.29, 1.82) is 0 Å². The van der Waals surface area contributed by atoms with Crippen LogP contribution in [-0.2, 0) is 32.8 Å². The maximum atomic E-state index is 13.4. The van der Waals surface area contributed by atoms with E-state index in [1.54, 1.807) is 17.9 Å². The molecule has 3 fully saturated rings. The molecule has 0 N–H and O–H groups in total. The van der Waals surface area contributed by atoms with E-state index in [1.165, 1.54) is 0 Å². The molecule has 13 heteroatoms. The molecule has 3 saturated heterocycles. The average molecular weight is 760 g/mol. The summed E-state index contributed by atoms with van der Waals surface area (Å²) in [5.74, 6) is 2.39. The lowest BCUT2D eigenvalue weighted by atomic mass is 9.98. The summed E-state index contributed by atoms with van der Waals surface area (Å²) in [6.45, 7) is 16.8. The van der Waals surface area contributed by atoms with Crippen molar-refractivity contribution in [1.82, 2.24) is 14.9 Å². The molecule has 6 rings (SSSR count). The van der Waals surface area contributed by atoms with E-state index in [1.807, 2.05) is 32.3 Å². The minimum Gasteiger partial charge on any atom is -0.439 e. The summed E-state index contributed by atoms with van der Waals surface area (Å²) in [5.41, 5.74) is 4.23. The number of aryl methyl sites for hydroxylation is 3. The molecule has 9 nitrogen and oxygen atoms in total. The molecule has 3 aliphatic heterocycles. The first-order valence-electron chi connectivity index (χ1n) is 18.7. The molecule has 1 aromatic carbocycles. The highest BCUT2D eigenvalue weighted by molar-refractivity contribution is 6.17. The Kier molecular flexibility index (Phi) is 13.9. The van der Waals surface area contributed by atoms with Crippen LogP contribution >= 0.6 is 11.6 Å². The number of carbonyl (C=O) groups excluding carboxylic acids is 1. The van der Waals surface area contributed by atoms with E-state index in [9.17, 15) is 18.0 Å². The summed E-state index contributed by atoms with van der Waals surface area (Å²) in [6, 6.07) is 8.36. The molecule has 0 radical (unpaired) electrons. The molecule has 0 aliphatic carbocycles. The van der Waals surface area contributed by atoms with Crippen LogP contribution in [0.25, 0.3) is 0 Å². The third-order valence-corrected chi connectivity index (χ3v) is 10.6. The Morgan fingerprint density at radius 2 is 1.30 bits per heavy atom. The van der Waals surface area contributed by atoms with Crippen molar-refractivity contribution in [3.05, 3.63) is 81.7 Å². The third kappa shape index (κ3) is 9.93. The highest BCUT2D eigenvalue weighted by Crippen LogP contribution is 2.38. The number of pyridine rings is 2. The topological polar surface area (TPSA) is 80.3 Å². The molecule has 2 atom stereocenters. The van der Waals surface area contributed by atoms with Crippen LogP contribution in [0.1, 0.15) is 91.5 Å². The van der Waals surface area contributed by atoms with Crippen LogP contribution in [0.2, 0.25) is 0 Å². The minimum absolute atomic E-state index is 0.262. The zero-order valence-electron chi connectivity index (χ0n) is 31.7. The normalized spacial score (nSPS) is 19.8. The lowest BCUT2D eigenvalue weighted by Crippen LogP contribution is -2.41. The molecule has 53 heavy (non-hydrogen) atoms. The van der Waals surface area contributed by atoms with Crippen molar-refractivity contribution in [2.45, 2.75) is 110 Å². The van der Waals surface area contributed by atoms with Gasteiger partial charge < -0.3 is 24.0 Å². The van der Waals surface area contributed by atoms with Crippen molar-refractivity contribution in [3.63, 3.8) is 0 Å². The van der Waals surface area contributed by atoms with E-state index in [-0.39, 0.29) is 6.54 Å². The first-order valence-corrected chi connectivity index (χ1v) is 19.2. The molecule has 0 spiro atoms. The first-order chi connectivity index (χ1) is 25.3. The van der Waals surface area contributed by atoms with Crippen molar-refractivity contribution in [2.24, 2.45) is 0 Å². The third-order valence-electron chi connectivity index (χ3n) is 10.3. The summed E-state index contributed by atoms with van der Waals surface area (Å²) in [6.07, 6.45) is 1.90. The van der Waals surface area contributed by atoms with Gasteiger partial charge >= 0.3 is 12.3 Å². The molecule has 0 saturated carbocycles. The highest BCUT2D eigenvalue weighted by Gasteiger charge is 2.41. The Balaban J connectivity index is 0.000000252. The second kappa shape index (κ2) is 18.1. The number of hydrogen-bond acceptors (Lipinski definition) is 8. The number of ether oxygens (including phenoxy) is 3. The van der Waals surface area contributed by atoms with E-state index in [0.717, 1.165) is 98.0 Å². The molecule has 3 aliphatic rings. The maximum Gasteiger partial charge on any atom is 0.416 e. The van der Waals surface area contributed by atoms with Crippen LogP contribution in [0.3, 0.4) is 0 Å². The quantitative estimate of drug-likeness (QED) is 0.190. The predicted molar refractivity (Wildman–Crippen MR) is 202 cm³/mol. The van der Waals surface area contributed by atoms with Gasteiger partial charge in [-0.25, -0.2) is 14.8 Å². The van der Waals surface area contributed by atoms with Crippen LogP contribution in [0.5, 0.6) is 0 Å². The van der Waals surface area contributed by atoms with Gasteiger partial charge in [0.25, 0.3) is 0 Å². The average Bonchev–Trinajstić information content (AvgIpc) is 3.42. The van der Waals surface area contributed by atoms with E-state index in [0.29, 0.717) is 42.3 Å². The van der Waals surface area contributed by atoms with Gasteiger partial charge in [-0.1, -0.05) is 11.6 Å². The monoisotopic (exact) mass is 759 g/mol. The second-order valence-electron chi connectivity index (χ2n) is 14.2. The van der Waals surface area contributed by atoms with Gasteiger partial charge in [-0.15, -0.1) is 11.6 Å². The fourth-order valence-electron chi connectivity index (χ4n) is 7.62. The van der Waals surface area contributed by atoms with Gasteiger partial charge in [0.2, 0.25) is 0 Å². The number of carbonyl (C=O) groups is 1. The molecule has 290 valence electrons. The number of benzene rings is 1. The number of alkyl halides is 4. The van der Waals surface area contributed by atoms with E-state index in [4.69, 9.17) is 30.8 Å². The molecule has 1 amide bonds. The van der Waals surface area contributed by atoms with Gasteiger partial charge in [0.15, 0.2) is 0 Å². The lowest BCUT2D eigenvalue weighted by molar-refractivity contribution is -0.137. The summed E-state index contributed by atoms with van der Waals surface area (Å²) in [7, 11) is 0. The van der Waals surface area contributed by atoms with E-state index < -0.39 is 30.0 Å². The molecule has 0 unspecified atom stereocenters. The number of anilines is 2. The maximum absolute atomic E-state index is 13.4. The molecule has 3 aromatic rings. The second-order valence-corrected chi connectivity index (χ2v) is 14.5. The van der Waals surface area contributed by atoms with Crippen LogP contribution in [0.4, 0.5) is 29.6 Å². The number of nitrogens with zero attached hydrogens (tertiary/aromatic N) is 5. The Labute approximate surface area is 316 Å². The van der Waals surface area contributed by atoms with Crippen molar-refractivity contribution in [3.8, 4) is 0 Å². The van der Waals surface area contributed by atoms with Gasteiger partial charge in [-0.05, 0) is 108 Å². The fraction of sp³-hybridized carbons (Fsp3) is 0.575. The molecule has 0 bridgehead atoms. The first kappa shape index (κ1) is 40.6. The standard InChI is InChI=1S/C26H32F3N3O3.C14H21ClN2O/c1-5-31(22-6-8-34-9-7-22)24-20(11-17(3)14-30-24)15-32-18(4)23(35-25(32)33)19-10-16(2)12-21(13-19)26(27,28)29;1-3-17(13-4-6-18-7-5-13)14-12(9-15)8-11(2)10-16-14/h10-14,18,22-23H,5-9,15H2,1-4H3;8,10,13H,3-7,9H2,1-2H3/t18-,23-;/m0./s1. The molecule has 5 heterocycles. The summed E-state index contributed by atoms with van der Waals surface area (Å²) >= 11 is 6.05. The molecular weight excluding hydrogens is 707 g/mol. The van der Waals surface area contributed by atoms with Crippen LogP contribution in [0, 0.1) is 20.8 Å². The van der Waals surface area contributed by atoms with Gasteiger partial charge in [-0.2, -0.15) is 13.2 Å². The SMILES string of the molecule is CCN(c1ncc(C)cc1CCl)C1CCOCC1.CCN(c1ncc(C)cc1CN1C(=O)O[C@H](c2cc(C)cc(C(F)(F)F)c2)[C@@H]1C)C1CCOCC1. The zero-order valence-corrected chi connectivity index (χ0v) is 32.5. The van der Waals surface area contributed by atoms with Crippen LogP contribution < -0.4 is 9.80 Å². The van der Waals surface area contributed by atoms with Crippen molar-refractivity contribution >= 4 is 29.3 Å². The Bertz CT molecular complexity index is 1680. The number of amides is 1. The van der Waals surface area contributed by atoms with Crippen molar-refractivity contribution in [2.75, 3.05) is 49.3 Å². The Hall–Kier alpha value is -3.61. The highest BCUT2D eigenvalue weighted by atomic mass is 35.5. The number of cyclic esters (lactones) is 1. The zero-order chi connectivity index (χ0) is 38.3. The molecular formula is C40H53ClF3N5O4. The number of rotatable bonds is 10. The largest absolute Gasteiger partial charge is 0.439 e. The van der Waals surface area contributed by atoms with Crippen molar-refractivity contribution < 1.29 is 32.2 Å². The summed E-state index contributed by atoms with van der Waals surface area (Å²) in [4.78, 5) is 28.4. The molecule has 2 aromatic heterocycles. The van der Waals surface area contributed by atoms with Crippen LogP contribution in [0.15, 0.2) is 42.7 Å².